The smallest absolute Gasteiger partial charge is 0.258 e. The van der Waals surface area contributed by atoms with Crippen molar-refractivity contribution >= 4 is 5.91 Å². The molecule has 5 nitrogen and oxygen atoms in total. The van der Waals surface area contributed by atoms with Crippen molar-refractivity contribution in [3.63, 3.8) is 0 Å². The monoisotopic (exact) mass is 335 g/mol. The molecule has 1 heterocycles. The van der Waals surface area contributed by atoms with E-state index in [4.69, 9.17) is 14.2 Å². The van der Waals surface area contributed by atoms with Crippen LogP contribution in [0.15, 0.2) is 36.4 Å². The molecule has 126 valence electrons. The van der Waals surface area contributed by atoms with E-state index in [1.807, 2.05) is 6.07 Å². The molecule has 0 radical (unpaired) electrons. The SMILES string of the molecule is O=C(COc1ccc(F)cc1F)NCc1ccc2c(c1)OCCO2. The topological polar surface area (TPSA) is 56.8 Å². The molecule has 1 N–H and O–H groups in total. The Bertz CT molecular complexity index is 751. The molecule has 3 rings (SSSR count). The first kappa shape index (κ1) is 16.0. The van der Waals surface area contributed by atoms with E-state index in [1.54, 1.807) is 12.1 Å². The fraction of sp³-hybridized carbons (Fsp3) is 0.235. The molecule has 0 saturated heterocycles. The highest BCUT2D eigenvalue weighted by Gasteiger charge is 2.12. The third-order valence-corrected chi connectivity index (χ3v) is 3.35. The van der Waals surface area contributed by atoms with Crippen molar-refractivity contribution in [3.05, 3.63) is 53.6 Å². The van der Waals surface area contributed by atoms with Gasteiger partial charge in [-0.1, -0.05) is 6.07 Å². The normalized spacial score (nSPS) is 12.6. The quantitative estimate of drug-likeness (QED) is 0.912. The second kappa shape index (κ2) is 7.16. The van der Waals surface area contributed by atoms with Crippen molar-refractivity contribution in [3.8, 4) is 17.2 Å². The molecule has 0 bridgehead atoms. The fourth-order valence-corrected chi connectivity index (χ4v) is 2.18. The van der Waals surface area contributed by atoms with Crippen molar-refractivity contribution in [1.29, 1.82) is 0 Å². The summed E-state index contributed by atoms with van der Waals surface area (Å²) >= 11 is 0. The molecule has 0 aromatic heterocycles. The van der Waals surface area contributed by atoms with E-state index in [-0.39, 0.29) is 18.9 Å². The zero-order valence-corrected chi connectivity index (χ0v) is 12.7. The molecule has 0 saturated carbocycles. The lowest BCUT2D eigenvalue weighted by atomic mass is 10.2. The summed E-state index contributed by atoms with van der Waals surface area (Å²) in [5.41, 5.74) is 0.834. The van der Waals surface area contributed by atoms with E-state index in [0.29, 0.717) is 30.8 Å². The van der Waals surface area contributed by atoms with Crippen molar-refractivity contribution in [2.45, 2.75) is 6.54 Å². The maximum Gasteiger partial charge on any atom is 0.258 e. The summed E-state index contributed by atoms with van der Waals surface area (Å²) in [5.74, 6) is -0.846. The second-order valence-corrected chi connectivity index (χ2v) is 5.12. The number of carbonyl (C=O) groups is 1. The summed E-state index contributed by atoms with van der Waals surface area (Å²) in [6, 6.07) is 8.27. The molecule has 1 aliphatic heterocycles. The van der Waals surface area contributed by atoms with Crippen molar-refractivity contribution in [2.24, 2.45) is 0 Å². The largest absolute Gasteiger partial charge is 0.486 e. The van der Waals surface area contributed by atoms with Gasteiger partial charge in [0.15, 0.2) is 29.7 Å². The van der Waals surface area contributed by atoms with Gasteiger partial charge >= 0.3 is 0 Å². The average Bonchev–Trinajstić information content (AvgIpc) is 2.59. The zero-order chi connectivity index (χ0) is 16.9. The van der Waals surface area contributed by atoms with Crippen molar-refractivity contribution in [1.82, 2.24) is 5.32 Å². The van der Waals surface area contributed by atoms with E-state index < -0.39 is 17.5 Å². The molecule has 0 fully saturated rings. The number of halogens is 2. The van der Waals surface area contributed by atoms with Gasteiger partial charge in [0.2, 0.25) is 0 Å². The summed E-state index contributed by atoms with van der Waals surface area (Å²) in [5, 5.41) is 2.65. The maximum atomic E-state index is 13.4. The lowest BCUT2D eigenvalue weighted by Gasteiger charge is -2.19. The molecule has 0 unspecified atom stereocenters. The first-order valence-electron chi connectivity index (χ1n) is 7.35. The van der Waals surface area contributed by atoms with E-state index in [1.165, 1.54) is 0 Å². The molecule has 1 amide bonds. The van der Waals surface area contributed by atoms with E-state index in [0.717, 1.165) is 17.7 Å². The van der Waals surface area contributed by atoms with Gasteiger partial charge in [-0.2, -0.15) is 0 Å². The molecule has 24 heavy (non-hydrogen) atoms. The first-order valence-corrected chi connectivity index (χ1v) is 7.35. The summed E-state index contributed by atoms with van der Waals surface area (Å²) in [4.78, 5) is 11.8. The second-order valence-electron chi connectivity index (χ2n) is 5.12. The molecular formula is C17H15F2NO4. The standard InChI is InChI=1S/C17H15F2NO4/c18-12-2-4-14(13(19)8-12)24-10-17(21)20-9-11-1-3-15-16(7-11)23-6-5-22-15/h1-4,7-8H,5-6,9-10H2,(H,20,21). The van der Waals surface area contributed by atoms with Crippen LogP contribution in [0.4, 0.5) is 8.78 Å². The van der Waals surface area contributed by atoms with Crippen LogP contribution in [0.5, 0.6) is 17.2 Å². The van der Waals surface area contributed by atoms with Crippen LogP contribution < -0.4 is 19.5 Å². The minimum Gasteiger partial charge on any atom is -0.486 e. The molecule has 7 heteroatoms. The molecule has 2 aromatic carbocycles. The fourth-order valence-electron chi connectivity index (χ4n) is 2.18. The van der Waals surface area contributed by atoms with Crippen LogP contribution >= 0.6 is 0 Å². The zero-order valence-electron chi connectivity index (χ0n) is 12.7. The van der Waals surface area contributed by atoms with Gasteiger partial charge in [-0.15, -0.1) is 0 Å². The Morgan fingerprint density at radius 2 is 1.88 bits per heavy atom. The van der Waals surface area contributed by atoms with Crippen LogP contribution in [0.3, 0.4) is 0 Å². The van der Waals surface area contributed by atoms with E-state index in [2.05, 4.69) is 5.32 Å². The third-order valence-electron chi connectivity index (χ3n) is 3.35. The maximum absolute atomic E-state index is 13.4. The Balaban J connectivity index is 1.50. The van der Waals surface area contributed by atoms with Crippen LogP contribution in [0.1, 0.15) is 5.56 Å². The lowest BCUT2D eigenvalue weighted by Crippen LogP contribution is -2.28. The Morgan fingerprint density at radius 1 is 1.08 bits per heavy atom. The first-order chi connectivity index (χ1) is 11.6. The van der Waals surface area contributed by atoms with Crippen LogP contribution in [-0.2, 0) is 11.3 Å². The number of hydrogen-bond donors (Lipinski definition) is 1. The Hall–Kier alpha value is -2.83. The Labute approximate surface area is 137 Å². The van der Waals surface area contributed by atoms with Crippen LogP contribution in [-0.4, -0.2) is 25.7 Å². The van der Waals surface area contributed by atoms with Crippen LogP contribution in [0, 0.1) is 11.6 Å². The average molecular weight is 335 g/mol. The highest BCUT2D eigenvalue weighted by atomic mass is 19.1. The van der Waals surface area contributed by atoms with Gasteiger partial charge in [-0.05, 0) is 29.8 Å². The van der Waals surface area contributed by atoms with Gasteiger partial charge in [-0.3, -0.25) is 4.79 Å². The van der Waals surface area contributed by atoms with Gasteiger partial charge < -0.3 is 19.5 Å². The Morgan fingerprint density at radius 3 is 2.67 bits per heavy atom. The summed E-state index contributed by atoms with van der Waals surface area (Å²) in [7, 11) is 0. The highest BCUT2D eigenvalue weighted by Crippen LogP contribution is 2.30. The van der Waals surface area contributed by atoms with Crippen molar-refractivity contribution in [2.75, 3.05) is 19.8 Å². The molecular weight excluding hydrogens is 320 g/mol. The van der Waals surface area contributed by atoms with E-state index >= 15 is 0 Å². The number of carbonyl (C=O) groups excluding carboxylic acids is 1. The van der Waals surface area contributed by atoms with Gasteiger partial charge in [0.1, 0.15) is 19.0 Å². The molecule has 2 aromatic rings. The third kappa shape index (κ3) is 3.92. The van der Waals surface area contributed by atoms with Crippen LogP contribution in [0.25, 0.3) is 0 Å². The summed E-state index contributed by atoms with van der Waals surface area (Å²) in [6.45, 7) is 0.901. The number of ether oxygens (including phenoxy) is 3. The Kier molecular flexibility index (Phi) is 4.79. The van der Waals surface area contributed by atoms with Gasteiger partial charge in [0.25, 0.3) is 5.91 Å². The highest BCUT2D eigenvalue weighted by molar-refractivity contribution is 5.77. The van der Waals surface area contributed by atoms with E-state index in [9.17, 15) is 13.6 Å². The molecule has 0 atom stereocenters. The summed E-state index contributed by atoms with van der Waals surface area (Å²) < 4.78 is 42.1. The number of fused-ring (bicyclic) bond motifs is 1. The molecule has 1 aliphatic rings. The predicted molar refractivity (Wildman–Crippen MR) is 81.1 cm³/mol. The lowest BCUT2D eigenvalue weighted by molar-refractivity contribution is -0.123. The minimum absolute atomic E-state index is 0.175. The summed E-state index contributed by atoms with van der Waals surface area (Å²) in [6.07, 6.45) is 0. The van der Waals surface area contributed by atoms with Crippen molar-refractivity contribution < 1.29 is 27.8 Å². The van der Waals surface area contributed by atoms with Gasteiger partial charge in [0, 0.05) is 12.6 Å². The van der Waals surface area contributed by atoms with Gasteiger partial charge in [0.05, 0.1) is 0 Å². The number of amides is 1. The van der Waals surface area contributed by atoms with Crippen LogP contribution in [0.2, 0.25) is 0 Å². The van der Waals surface area contributed by atoms with Gasteiger partial charge in [-0.25, -0.2) is 8.78 Å². The molecule has 0 spiro atoms. The number of benzene rings is 2. The molecule has 0 aliphatic carbocycles. The predicted octanol–water partition coefficient (Wildman–Crippen LogP) is 2.43. The number of nitrogens with one attached hydrogen (secondary N) is 1. The number of rotatable bonds is 5. The minimum atomic E-state index is -0.852. The number of hydrogen-bond acceptors (Lipinski definition) is 4.